The molecule has 7 nitrogen and oxygen atoms in total. The van der Waals surface area contributed by atoms with E-state index in [9.17, 15) is 9.59 Å². The molecule has 0 aliphatic rings. The average Bonchev–Trinajstić information content (AvgIpc) is 2.68. The van der Waals surface area contributed by atoms with Crippen molar-refractivity contribution in [2.75, 3.05) is 6.54 Å². The van der Waals surface area contributed by atoms with Crippen LogP contribution in [-0.4, -0.2) is 38.9 Å². The molecule has 1 rings (SSSR count). The molecule has 0 aliphatic carbocycles. The Bertz CT molecular complexity index is 462. The number of carbonyl (C=O) groups is 2. The number of carboxylic acids is 1. The standard InChI is InChI=1S/C13H21N3O4/c1-13(2,3)20-12(19)15-5-4-7-16-8-6-14-10(16)9-11(17)18/h6,8H,4-5,7,9H2,1-3H3,(H,15,19)(H,17,18). The minimum atomic E-state index is -0.913. The number of aromatic nitrogens is 2. The Morgan fingerprint density at radius 3 is 2.75 bits per heavy atom. The molecular weight excluding hydrogens is 262 g/mol. The van der Waals surface area contributed by atoms with E-state index in [-0.39, 0.29) is 6.42 Å². The van der Waals surface area contributed by atoms with Crippen LogP contribution in [-0.2, 0) is 22.5 Å². The van der Waals surface area contributed by atoms with Crippen molar-refractivity contribution in [3.05, 3.63) is 18.2 Å². The lowest BCUT2D eigenvalue weighted by Gasteiger charge is -2.19. The molecule has 112 valence electrons. The lowest BCUT2D eigenvalue weighted by molar-refractivity contribution is -0.136. The van der Waals surface area contributed by atoms with Gasteiger partial charge in [0.15, 0.2) is 0 Å². The molecule has 0 saturated heterocycles. The molecule has 0 aromatic carbocycles. The summed E-state index contributed by atoms with van der Waals surface area (Å²) in [4.78, 5) is 26.0. The number of ether oxygens (including phenoxy) is 1. The quantitative estimate of drug-likeness (QED) is 0.770. The Hall–Kier alpha value is -2.05. The minimum absolute atomic E-state index is 0.105. The van der Waals surface area contributed by atoms with Crippen LogP contribution in [0.4, 0.5) is 4.79 Å². The van der Waals surface area contributed by atoms with Gasteiger partial charge >= 0.3 is 12.1 Å². The fraction of sp³-hybridized carbons (Fsp3) is 0.615. The van der Waals surface area contributed by atoms with E-state index in [0.717, 1.165) is 0 Å². The molecule has 0 fully saturated rings. The monoisotopic (exact) mass is 283 g/mol. The van der Waals surface area contributed by atoms with Gasteiger partial charge < -0.3 is 19.7 Å². The number of nitrogens with zero attached hydrogens (tertiary/aromatic N) is 2. The maximum absolute atomic E-state index is 11.4. The van der Waals surface area contributed by atoms with Crippen LogP contribution in [0.25, 0.3) is 0 Å². The third kappa shape index (κ3) is 6.21. The average molecular weight is 283 g/mol. The van der Waals surface area contributed by atoms with Gasteiger partial charge in [-0.15, -0.1) is 0 Å². The summed E-state index contributed by atoms with van der Waals surface area (Å²) in [7, 11) is 0. The number of aryl methyl sites for hydroxylation is 1. The second kappa shape index (κ2) is 6.93. The van der Waals surface area contributed by atoms with E-state index in [0.29, 0.717) is 25.3 Å². The van der Waals surface area contributed by atoms with Crippen LogP contribution < -0.4 is 5.32 Å². The lowest BCUT2D eigenvalue weighted by atomic mass is 10.2. The molecule has 0 spiro atoms. The van der Waals surface area contributed by atoms with Gasteiger partial charge in [-0.05, 0) is 27.2 Å². The predicted molar refractivity (Wildman–Crippen MR) is 72.4 cm³/mol. The largest absolute Gasteiger partial charge is 0.481 e. The molecule has 1 amide bonds. The number of imidazole rings is 1. The van der Waals surface area contributed by atoms with E-state index in [1.165, 1.54) is 0 Å². The molecule has 1 aromatic heterocycles. The van der Waals surface area contributed by atoms with Crippen molar-refractivity contribution in [1.82, 2.24) is 14.9 Å². The Labute approximate surface area is 118 Å². The van der Waals surface area contributed by atoms with E-state index >= 15 is 0 Å². The molecule has 0 saturated carbocycles. The zero-order chi connectivity index (χ0) is 15.2. The fourth-order valence-electron chi connectivity index (χ4n) is 1.60. The van der Waals surface area contributed by atoms with Crippen LogP contribution in [0.15, 0.2) is 12.4 Å². The summed E-state index contributed by atoms with van der Waals surface area (Å²) in [5.41, 5.74) is -0.511. The van der Waals surface area contributed by atoms with Gasteiger partial charge in [0.25, 0.3) is 0 Å². The maximum Gasteiger partial charge on any atom is 0.407 e. The first-order valence-electron chi connectivity index (χ1n) is 6.46. The summed E-state index contributed by atoms with van der Waals surface area (Å²) in [6.07, 6.45) is 3.41. The van der Waals surface area contributed by atoms with Crippen molar-refractivity contribution in [2.24, 2.45) is 0 Å². The van der Waals surface area contributed by atoms with Gasteiger partial charge in [0.2, 0.25) is 0 Å². The van der Waals surface area contributed by atoms with Crippen LogP contribution in [0.1, 0.15) is 33.0 Å². The van der Waals surface area contributed by atoms with Crippen molar-refractivity contribution in [3.8, 4) is 0 Å². The van der Waals surface area contributed by atoms with Crippen LogP contribution in [0.2, 0.25) is 0 Å². The molecule has 0 unspecified atom stereocenters. The lowest BCUT2D eigenvalue weighted by Crippen LogP contribution is -2.33. The van der Waals surface area contributed by atoms with Gasteiger partial charge in [-0.25, -0.2) is 9.78 Å². The number of hydrogen-bond donors (Lipinski definition) is 2. The summed E-state index contributed by atoms with van der Waals surface area (Å²) >= 11 is 0. The Balaban J connectivity index is 2.29. The highest BCUT2D eigenvalue weighted by atomic mass is 16.6. The van der Waals surface area contributed by atoms with E-state index in [1.54, 1.807) is 37.7 Å². The fourth-order valence-corrected chi connectivity index (χ4v) is 1.60. The molecule has 7 heteroatoms. The van der Waals surface area contributed by atoms with E-state index in [2.05, 4.69) is 10.3 Å². The number of hydrogen-bond acceptors (Lipinski definition) is 4. The number of carboxylic acid groups (broad SMARTS) is 1. The first-order chi connectivity index (χ1) is 9.28. The summed E-state index contributed by atoms with van der Waals surface area (Å²) in [5, 5.41) is 11.4. The highest BCUT2D eigenvalue weighted by Crippen LogP contribution is 2.06. The summed E-state index contributed by atoms with van der Waals surface area (Å²) in [5.74, 6) is -0.404. The number of alkyl carbamates (subject to hydrolysis) is 1. The van der Waals surface area contributed by atoms with E-state index in [1.807, 2.05) is 0 Å². The van der Waals surface area contributed by atoms with Crippen LogP contribution >= 0.6 is 0 Å². The summed E-state index contributed by atoms with van der Waals surface area (Å²) in [6, 6.07) is 0. The Kier molecular flexibility index (Phi) is 5.54. The number of nitrogens with one attached hydrogen (secondary N) is 1. The van der Waals surface area contributed by atoms with Gasteiger partial charge in [0.05, 0.1) is 0 Å². The Morgan fingerprint density at radius 2 is 2.15 bits per heavy atom. The molecule has 0 atom stereocenters. The van der Waals surface area contributed by atoms with Gasteiger partial charge in [-0.1, -0.05) is 0 Å². The van der Waals surface area contributed by atoms with Crippen molar-refractivity contribution in [3.63, 3.8) is 0 Å². The van der Waals surface area contributed by atoms with Crippen molar-refractivity contribution in [2.45, 2.75) is 45.8 Å². The van der Waals surface area contributed by atoms with Crippen molar-refractivity contribution >= 4 is 12.1 Å². The predicted octanol–water partition coefficient (Wildman–Crippen LogP) is 1.43. The first kappa shape index (κ1) is 16.0. The summed E-state index contributed by atoms with van der Waals surface area (Å²) in [6.45, 7) is 6.46. The number of rotatable bonds is 6. The normalized spacial score (nSPS) is 11.2. The number of amides is 1. The molecule has 1 aromatic rings. The molecular formula is C13H21N3O4. The second-order valence-electron chi connectivity index (χ2n) is 5.39. The molecule has 0 aliphatic heterocycles. The zero-order valence-corrected chi connectivity index (χ0v) is 12.0. The highest BCUT2D eigenvalue weighted by molar-refractivity contribution is 5.69. The van der Waals surface area contributed by atoms with Gasteiger partial charge in [0, 0.05) is 25.5 Å². The van der Waals surface area contributed by atoms with Gasteiger partial charge in [-0.2, -0.15) is 0 Å². The zero-order valence-electron chi connectivity index (χ0n) is 12.0. The van der Waals surface area contributed by atoms with Gasteiger partial charge in [0.1, 0.15) is 17.8 Å². The molecule has 20 heavy (non-hydrogen) atoms. The SMILES string of the molecule is CC(C)(C)OC(=O)NCCCn1ccnc1CC(=O)O. The molecule has 0 bridgehead atoms. The maximum atomic E-state index is 11.4. The molecule has 2 N–H and O–H groups in total. The second-order valence-corrected chi connectivity index (χ2v) is 5.39. The minimum Gasteiger partial charge on any atom is -0.481 e. The smallest absolute Gasteiger partial charge is 0.407 e. The van der Waals surface area contributed by atoms with Gasteiger partial charge in [-0.3, -0.25) is 4.79 Å². The number of carbonyl (C=O) groups excluding carboxylic acids is 1. The van der Waals surface area contributed by atoms with E-state index < -0.39 is 17.7 Å². The van der Waals surface area contributed by atoms with Crippen LogP contribution in [0, 0.1) is 0 Å². The topological polar surface area (TPSA) is 93.5 Å². The third-order valence-corrected chi connectivity index (χ3v) is 2.36. The van der Waals surface area contributed by atoms with Crippen LogP contribution in [0.5, 0.6) is 0 Å². The van der Waals surface area contributed by atoms with Crippen molar-refractivity contribution < 1.29 is 19.4 Å². The van der Waals surface area contributed by atoms with Crippen molar-refractivity contribution in [1.29, 1.82) is 0 Å². The molecule has 0 radical (unpaired) electrons. The van der Waals surface area contributed by atoms with Crippen LogP contribution in [0.3, 0.4) is 0 Å². The Morgan fingerprint density at radius 1 is 1.45 bits per heavy atom. The summed E-state index contributed by atoms with van der Waals surface area (Å²) < 4.78 is 6.87. The highest BCUT2D eigenvalue weighted by Gasteiger charge is 2.15. The number of aliphatic carboxylic acids is 1. The first-order valence-corrected chi connectivity index (χ1v) is 6.46. The molecule has 1 heterocycles. The third-order valence-electron chi connectivity index (χ3n) is 2.36. The van der Waals surface area contributed by atoms with E-state index in [4.69, 9.17) is 9.84 Å².